The van der Waals surface area contributed by atoms with Crippen LogP contribution in [0.1, 0.15) is 35.0 Å². The zero-order valence-electron chi connectivity index (χ0n) is 9.04. The van der Waals surface area contributed by atoms with Crippen LogP contribution in [0.5, 0.6) is 0 Å². The maximum absolute atomic E-state index is 12.6. The van der Waals surface area contributed by atoms with Gasteiger partial charge >= 0.3 is 5.97 Å². The van der Waals surface area contributed by atoms with E-state index < -0.39 is 18.1 Å². The van der Waals surface area contributed by atoms with Gasteiger partial charge in [-0.2, -0.15) is 0 Å². The average molecular weight is 309 g/mol. The summed E-state index contributed by atoms with van der Waals surface area (Å²) in [5, 5.41) is 0. The van der Waals surface area contributed by atoms with Crippen molar-refractivity contribution in [3.63, 3.8) is 0 Å². The molecule has 0 aliphatic carbocycles. The van der Waals surface area contributed by atoms with E-state index in [1.165, 1.54) is 6.20 Å². The minimum atomic E-state index is -2.77. The number of nitrogens with two attached hydrogens (primary N) is 1. The third-order valence-electron chi connectivity index (χ3n) is 2.03. The minimum absolute atomic E-state index is 0.0136. The van der Waals surface area contributed by atoms with Gasteiger partial charge in [0.25, 0.3) is 6.43 Å². The van der Waals surface area contributed by atoms with Crippen LogP contribution in [-0.2, 0) is 11.3 Å². The van der Waals surface area contributed by atoms with Crippen LogP contribution >= 0.6 is 15.9 Å². The molecular formula is C10H11BrF2N2O2. The normalized spacial score (nSPS) is 10.7. The molecule has 0 fully saturated rings. The SMILES string of the molecule is CCOC(=O)c1c(CN)cnc(C(F)F)c1Br. The van der Waals surface area contributed by atoms with Gasteiger partial charge in [-0.25, -0.2) is 13.6 Å². The summed E-state index contributed by atoms with van der Waals surface area (Å²) in [4.78, 5) is 15.2. The monoisotopic (exact) mass is 308 g/mol. The molecular weight excluding hydrogens is 298 g/mol. The lowest BCUT2D eigenvalue weighted by molar-refractivity contribution is 0.0523. The fourth-order valence-corrected chi connectivity index (χ4v) is 1.96. The van der Waals surface area contributed by atoms with Crippen molar-refractivity contribution in [3.05, 3.63) is 27.5 Å². The number of carbonyl (C=O) groups excluding carboxylic acids is 1. The van der Waals surface area contributed by atoms with E-state index in [0.717, 1.165) is 0 Å². The van der Waals surface area contributed by atoms with Gasteiger partial charge in [-0.3, -0.25) is 4.98 Å². The van der Waals surface area contributed by atoms with Gasteiger partial charge in [0.1, 0.15) is 5.69 Å². The Balaban J connectivity index is 3.32. The van der Waals surface area contributed by atoms with Crippen molar-refractivity contribution >= 4 is 21.9 Å². The molecule has 4 nitrogen and oxygen atoms in total. The molecule has 94 valence electrons. The molecule has 0 spiro atoms. The highest BCUT2D eigenvalue weighted by Crippen LogP contribution is 2.30. The molecule has 0 bridgehead atoms. The Bertz CT molecular complexity index is 427. The molecule has 0 saturated carbocycles. The van der Waals surface area contributed by atoms with Crippen molar-refractivity contribution in [2.24, 2.45) is 5.73 Å². The molecule has 0 aliphatic rings. The molecule has 7 heteroatoms. The molecule has 1 aromatic rings. The predicted molar refractivity (Wildman–Crippen MR) is 60.7 cm³/mol. The van der Waals surface area contributed by atoms with Crippen LogP contribution in [0.2, 0.25) is 0 Å². The highest BCUT2D eigenvalue weighted by molar-refractivity contribution is 9.10. The third-order valence-corrected chi connectivity index (χ3v) is 2.83. The third kappa shape index (κ3) is 2.98. The van der Waals surface area contributed by atoms with Crippen LogP contribution < -0.4 is 5.73 Å². The second kappa shape index (κ2) is 6.02. The van der Waals surface area contributed by atoms with Gasteiger partial charge in [0, 0.05) is 12.7 Å². The first-order chi connectivity index (χ1) is 8.02. The maximum atomic E-state index is 12.6. The second-order valence-corrected chi connectivity index (χ2v) is 3.88. The zero-order valence-corrected chi connectivity index (χ0v) is 10.6. The summed E-state index contributed by atoms with van der Waals surface area (Å²) in [6.45, 7) is 1.80. The quantitative estimate of drug-likeness (QED) is 0.868. The van der Waals surface area contributed by atoms with Gasteiger partial charge in [-0.05, 0) is 28.4 Å². The first-order valence-electron chi connectivity index (χ1n) is 4.85. The number of halogens is 3. The number of alkyl halides is 2. The van der Waals surface area contributed by atoms with E-state index in [1.54, 1.807) is 6.92 Å². The van der Waals surface area contributed by atoms with Gasteiger partial charge < -0.3 is 10.5 Å². The Morgan fingerprint density at radius 1 is 1.65 bits per heavy atom. The highest BCUT2D eigenvalue weighted by Gasteiger charge is 2.23. The first-order valence-corrected chi connectivity index (χ1v) is 5.64. The van der Waals surface area contributed by atoms with Gasteiger partial charge in [-0.15, -0.1) is 0 Å². The Labute approximate surface area is 105 Å². The van der Waals surface area contributed by atoms with E-state index in [1.807, 2.05) is 0 Å². The van der Waals surface area contributed by atoms with E-state index in [4.69, 9.17) is 10.5 Å². The summed E-state index contributed by atoms with van der Waals surface area (Å²) in [5.41, 5.74) is 5.30. The van der Waals surface area contributed by atoms with Crippen molar-refractivity contribution in [1.29, 1.82) is 0 Å². The van der Waals surface area contributed by atoms with E-state index >= 15 is 0 Å². The average Bonchev–Trinajstić information content (AvgIpc) is 2.27. The zero-order chi connectivity index (χ0) is 13.0. The van der Waals surface area contributed by atoms with Crippen LogP contribution in [0.4, 0.5) is 8.78 Å². The fraction of sp³-hybridized carbons (Fsp3) is 0.400. The molecule has 0 saturated heterocycles. The molecule has 17 heavy (non-hydrogen) atoms. The number of hydrogen-bond donors (Lipinski definition) is 1. The summed E-state index contributed by atoms with van der Waals surface area (Å²) >= 11 is 2.95. The van der Waals surface area contributed by atoms with Crippen molar-refractivity contribution < 1.29 is 18.3 Å². The van der Waals surface area contributed by atoms with Crippen molar-refractivity contribution in [1.82, 2.24) is 4.98 Å². The van der Waals surface area contributed by atoms with Gasteiger partial charge in [-0.1, -0.05) is 0 Å². The number of aromatic nitrogens is 1. The molecule has 1 heterocycles. The Kier molecular flexibility index (Phi) is 4.95. The molecule has 2 N–H and O–H groups in total. The van der Waals surface area contributed by atoms with E-state index in [-0.39, 0.29) is 23.2 Å². The summed E-state index contributed by atoms with van der Waals surface area (Å²) < 4.78 is 30.0. The number of esters is 1. The topological polar surface area (TPSA) is 65.2 Å². The second-order valence-electron chi connectivity index (χ2n) is 3.08. The standard InChI is InChI=1S/C10H11BrF2N2O2/c1-2-17-10(16)6-5(3-14)4-15-8(7(6)11)9(12)13/h4,9H,2-3,14H2,1H3. The summed E-state index contributed by atoms with van der Waals surface area (Å²) in [6.07, 6.45) is -1.61. The Morgan fingerprint density at radius 2 is 2.29 bits per heavy atom. The Morgan fingerprint density at radius 3 is 2.76 bits per heavy atom. The van der Waals surface area contributed by atoms with Crippen LogP contribution in [-0.4, -0.2) is 17.6 Å². The lowest BCUT2D eigenvalue weighted by atomic mass is 10.1. The van der Waals surface area contributed by atoms with Gasteiger partial charge in [0.2, 0.25) is 0 Å². The summed E-state index contributed by atoms with van der Waals surface area (Å²) in [5.74, 6) is -0.691. The van der Waals surface area contributed by atoms with Crippen molar-refractivity contribution in [3.8, 4) is 0 Å². The van der Waals surface area contributed by atoms with E-state index in [0.29, 0.717) is 5.56 Å². The number of carbonyl (C=O) groups is 1. The summed E-state index contributed by atoms with van der Waals surface area (Å²) in [6, 6.07) is 0. The molecule has 0 unspecified atom stereocenters. The van der Waals surface area contributed by atoms with Crippen molar-refractivity contribution in [2.45, 2.75) is 19.9 Å². The molecule has 0 radical (unpaired) electrons. The molecule has 0 aromatic carbocycles. The number of pyridine rings is 1. The molecule has 1 aromatic heterocycles. The number of ether oxygens (including phenoxy) is 1. The highest BCUT2D eigenvalue weighted by atomic mass is 79.9. The number of nitrogens with zero attached hydrogens (tertiary/aromatic N) is 1. The molecule has 0 amide bonds. The van der Waals surface area contributed by atoms with Crippen LogP contribution in [0.25, 0.3) is 0 Å². The largest absolute Gasteiger partial charge is 0.462 e. The molecule has 0 aliphatic heterocycles. The number of rotatable bonds is 4. The Hall–Kier alpha value is -1.08. The van der Waals surface area contributed by atoms with Crippen LogP contribution in [0, 0.1) is 0 Å². The maximum Gasteiger partial charge on any atom is 0.339 e. The molecule has 1 rings (SSSR count). The lowest BCUT2D eigenvalue weighted by Crippen LogP contribution is -2.14. The van der Waals surface area contributed by atoms with Gasteiger partial charge in [0.05, 0.1) is 16.6 Å². The lowest BCUT2D eigenvalue weighted by Gasteiger charge is -2.11. The molecule has 0 atom stereocenters. The van der Waals surface area contributed by atoms with Crippen molar-refractivity contribution in [2.75, 3.05) is 6.61 Å². The fourth-order valence-electron chi connectivity index (χ4n) is 1.27. The van der Waals surface area contributed by atoms with Gasteiger partial charge in [0.15, 0.2) is 0 Å². The minimum Gasteiger partial charge on any atom is -0.462 e. The van der Waals surface area contributed by atoms with E-state index in [2.05, 4.69) is 20.9 Å². The number of hydrogen-bond acceptors (Lipinski definition) is 4. The van der Waals surface area contributed by atoms with Crippen LogP contribution in [0.3, 0.4) is 0 Å². The van der Waals surface area contributed by atoms with Crippen LogP contribution in [0.15, 0.2) is 10.7 Å². The smallest absolute Gasteiger partial charge is 0.339 e. The predicted octanol–water partition coefficient (Wildman–Crippen LogP) is 2.42. The first kappa shape index (κ1) is 14.0. The summed E-state index contributed by atoms with van der Waals surface area (Å²) in [7, 11) is 0. The van der Waals surface area contributed by atoms with E-state index in [9.17, 15) is 13.6 Å².